The predicted molar refractivity (Wildman–Crippen MR) is 71.1 cm³/mol. The van der Waals surface area contributed by atoms with Gasteiger partial charge in [-0.25, -0.2) is 0 Å². The van der Waals surface area contributed by atoms with Crippen LogP contribution in [-0.4, -0.2) is 31.0 Å². The number of aliphatic carboxylic acids is 1. The normalized spacial score (nSPS) is 11.1. The van der Waals surface area contributed by atoms with Crippen molar-refractivity contribution in [2.24, 2.45) is 5.41 Å². The van der Waals surface area contributed by atoms with Gasteiger partial charge in [0.25, 0.3) is 0 Å². The van der Waals surface area contributed by atoms with Gasteiger partial charge in [-0.05, 0) is 26.0 Å². The van der Waals surface area contributed by atoms with E-state index in [0.29, 0.717) is 5.56 Å². The summed E-state index contributed by atoms with van der Waals surface area (Å²) in [5.74, 6) is -1.11. The number of carboxylic acids is 1. The Kier molecular flexibility index (Phi) is 4.11. The van der Waals surface area contributed by atoms with Crippen molar-refractivity contribution < 1.29 is 14.7 Å². The molecule has 0 radical (unpaired) electrons. The number of ketones is 1. The second-order valence-corrected chi connectivity index (χ2v) is 5.23. The minimum Gasteiger partial charge on any atom is -0.481 e. The molecule has 4 heteroatoms. The lowest BCUT2D eigenvalue weighted by molar-refractivity contribution is -0.146. The third kappa shape index (κ3) is 3.32. The van der Waals surface area contributed by atoms with E-state index in [2.05, 4.69) is 0 Å². The number of anilines is 1. The van der Waals surface area contributed by atoms with Crippen molar-refractivity contribution in [2.75, 3.05) is 19.0 Å². The molecule has 0 unspecified atom stereocenters. The fraction of sp³-hybridized carbons (Fsp3) is 0.429. The highest BCUT2D eigenvalue weighted by Gasteiger charge is 2.30. The van der Waals surface area contributed by atoms with Crippen molar-refractivity contribution in [3.05, 3.63) is 29.8 Å². The quantitative estimate of drug-likeness (QED) is 0.814. The third-order valence-corrected chi connectivity index (χ3v) is 2.87. The number of benzene rings is 1. The molecule has 0 spiro atoms. The van der Waals surface area contributed by atoms with Crippen LogP contribution in [0.1, 0.15) is 30.6 Å². The Balaban J connectivity index is 2.91. The number of carbonyl (C=O) groups is 2. The lowest BCUT2D eigenvalue weighted by atomic mass is 9.85. The molecule has 0 aliphatic carbocycles. The number of hydrogen-bond acceptors (Lipinski definition) is 3. The van der Waals surface area contributed by atoms with Crippen LogP contribution in [0.25, 0.3) is 0 Å². The summed E-state index contributed by atoms with van der Waals surface area (Å²) in [7, 11) is 3.79. The average molecular weight is 249 g/mol. The maximum atomic E-state index is 12.1. The predicted octanol–water partition coefficient (Wildman–Crippen LogP) is 2.44. The monoisotopic (exact) mass is 249 g/mol. The van der Waals surface area contributed by atoms with Crippen LogP contribution in [0.5, 0.6) is 0 Å². The van der Waals surface area contributed by atoms with Crippen LogP contribution in [0.4, 0.5) is 5.69 Å². The third-order valence-electron chi connectivity index (χ3n) is 2.87. The molecule has 0 aliphatic heterocycles. The molecule has 0 amide bonds. The smallest absolute Gasteiger partial charge is 0.309 e. The van der Waals surface area contributed by atoms with Crippen LogP contribution >= 0.6 is 0 Å². The zero-order valence-corrected chi connectivity index (χ0v) is 11.2. The number of rotatable bonds is 5. The molecule has 0 fully saturated rings. The van der Waals surface area contributed by atoms with Crippen LogP contribution in [0, 0.1) is 5.41 Å². The molecular weight excluding hydrogens is 230 g/mol. The summed E-state index contributed by atoms with van der Waals surface area (Å²) in [6, 6.07) is 7.20. The number of Topliss-reactive ketones (excluding diaryl/α,β-unsaturated/α-hetero) is 1. The lowest BCUT2D eigenvalue weighted by Gasteiger charge is -2.18. The first-order valence-corrected chi connectivity index (χ1v) is 5.78. The van der Waals surface area contributed by atoms with Crippen LogP contribution in [0.3, 0.4) is 0 Å². The summed E-state index contributed by atoms with van der Waals surface area (Å²) in [5, 5.41) is 9.02. The summed E-state index contributed by atoms with van der Waals surface area (Å²) < 4.78 is 0. The van der Waals surface area contributed by atoms with Crippen molar-refractivity contribution in [3.8, 4) is 0 Å². The maximum Gasteiger partial charge on any atom is 0.309 e. The van der Waals surface area contributed by atoms with E-state index in [4.69, 9.17) is 5.11 Å². The lowest BCUT2D eigenvalue weighted by Crippen LogP contribution is -2.27. The molecular formula is C14H19NO3. The number of carbonyl (C=O) groups excluding carboxylic acids is 1. The van der Waals surface area contributed by atoms with Crippen LogP contribution in [-0.2, 0) is 4.79 Å². The van der Waals surface area contributed by atoms with Gasteiger partial charge in [0, 0.05) is 31.8 Å². The van der Waals surface area contributed by atoms with E-state index in [0.717, 1.165) is 5.69 Å². The number of carboxylic acid groups (broad SMARTS) is 1. The Morgan fingerprint density at radius 1 is 1.28 bits per heavy atom. The van der Waals surface area contributed by atoms with E-state index in [1.807, 2.05) is 25.1 Å². The van der Waals surface area contributed by atoms with Gasteiger partial charge in [-0.15, -0.1) is 0 Å². The first-order chi connectivity index (χ1) is 8.24. The van der Waals surface area contributed by atoms with E-state index >= 15 is 0 Å². The van der Waals surface area contributed by atoms with Crippen LogP contribution < -0.4 is 4.90 Å². The number of hydrogen-bond donors (Lipinski definition) is 1. The average Bonchev–Trinajstić information content (AvgIpc) is 2.28. The van der Waals surface area contributed by atoms with Gasteiger partial charge in [0.05, 0.1) is 5.41 Å². The molecule has 0 atom stereocenters. The van der Waals surface area contributed by atoms with Crippen molar-refractivity contribution in [2.45, 2.75) is 20.3 Å². The van der Waals surface area contributed by atoms with Crippen molar-refractivity contribution in [3.63, 3.8) is 0 Å². The highest BCUT2D eigenvalue weighted by atomic mass is 16.4. The van der Waals surface area contributed by atoms with Gasteiger partial charge in [-0.2, -0.15) is 0 Å². The topological polar surface area (TPSA) is 57.6 Å². The van der Waals surface area contributed by atoms with Crippen molar-refractivity contribution in [1.29, 1.82) is 0 Å². The Labute approximate surface area is 107 Å². The fourth-order valence-electron chi connectivity index (χ4n) is 1.54. The minimum absolute atomic E-state index is 0.000779. The van der Waals surface area contributed by atoms with Gasteiger partial charge in [-0.1, -0.05) is 12.1 Å². The highest BCUT2D eigenvalue weighted by molar-refractivity contribution is 5.99. The molecule has 1 N–H and O–H groups in total. The Morgan fingerprint density at radius 3 is 2.39 bits per heavy atom. The molecule has 0 bridgehead atoms. The number of nitrogens with zero attached hydrogens (tertiary/aromatic N) is 1. The first kappa shape index (κ1) is 14.2. The maximum absolute atomic E-state index is 12.1. The summed E-state index contributed by atoms with van der Waals surface area (Å²) >= 11 is 0. The molecule has 0 saturated carbocycles. The molecule has 0 aliphatic rings. The van der Waals surface area contributed by atoms with E-state index in [1.54, 1.807) is 32.0 Å². The van der Waals surface area contributed by atoms with Crippen LogP contribution in [0.2, 0.25) is 0 Å². The molecule has 0 heterocycles. The Hall–Kier alpha value is -1.84. The van der Waals surface area contributed by atoms with Crippen molar-refractivity contribution in [1.82, 2.24) is 0 Å². The van der Waals surface area contributed by atoms with Gasteiger partial charge >= 0.3 is 5.97 Å². The highest BCUT2D eigenvalue weighted by Crippen LogP contribution is 2.24. The molecule has 4 nitrogen and oxygen atoms in total. The second-order valence-electron chi connectivity index (χ2n) is 5.23. The van der Waals surface area contributed by atoms with Crippen LogP contribution in [0.15, 0.2) is 24.3 Å². The first-order valence-electron chi connectivity index (χ1n) is 5.78. The molecule has 0 saturated heterocycles. The van der Waals surface area contributed by atoms with E-state index in [-0.39, 0.29) is 12.2 Å². The van der Waals surface area contributed by atoms with E-state index in [9.17, 15) is 9.59 Å². The fourth-order valence-corrected chi connectivity index (χ4v) is 1.54. The largest absolute Gasteiger partial charge is 0.481 e. The molecule has 1 rings (SSSR count). The SMILES string of the molecule is CN(C)c1cccc(C(=O)CC(C)(C)C(=O)O)c1. The molecule has 18 heavy (non-hydrogen) atoms. The van der Waals surface area contributed by atoms with Crippen molar-refractivity contribution >= 4 is 17.4 Å². The summed E-state index contributed by atoms with van der Waals surface area (Å²) in [6.45, 7) is 3.12. The Morgan fingerprint density at radius 2 is 1.89 bits per heavy atom. The van der Waals surface area contributed by atoms with E-state index < -0.39 is 11.4 Å². The molecule has 98 valence electrons. The summed E-state index contributed by atoms with van der Waals surface area (Å²) in [5.41, 5.74) is 0.440. The standard InChI is InChI=1S/C14H19NO3/c1-14(2,13(17)18)9-12(16)10-6-5-7-11(8-10)15(3)4/h5-8H,9H2,1-4H3,(H,17,18). The molecule has 1 aromatic rings. The Bertz CT molecular complexity index is 464. The van der Waals surface area contributed by atoms with Gasteiger partial charge < -0.3 is 10.0 Å². The zero-order chi connectivity index (χ0) is 13.9. The minimum atomic E-state index is -1.04. The zero-order valence-electron chi connectivity index (χ0n) is 11.2. The second kappa shape index (κ2) is 5.21. The molecule has 1 aromatic carbocycles. The molecule has 0 aromatic heterocycles. The van der Waals surface area contributed by atoms with Gasteiger partial charge in [-0.3, -0.25) is 9.59 Å². The van der Waals surface area contributed by atoms with Gasteiger partial charge in [0.2, 0.25) is 0 Å². The summed E-state index contributed by atoms with van der Waals surface area (Å²) in [4.78, 5) is 25.0. The van der Waals surface area contributed by atoms with Gasteiger partial charge in [0.15, 0.2) is 5.78 Å². The van der Waals surface area contributed by atoms with Gasteiger partial charge in [0.1, 0.15) is 0 Å². The van der Waals surface area contributed by atoms with E-state index in [1.165, 1.54) is 0 Å². The summed E-state index contributed by atoms with van der Waals surface area (Å²) in [6.07, 6.45) is -0.000779.